The number of carbonyl (C=O) groups is 2. The smallest absolute Gasteiger partial charge is 0.379 e. The highest BCUT2D eigenvalue weighted by atomic mass is 35.5. The number of aromatic carboxylic acids is 1. The molecule has 9 nitrogen and oxygen atoms in total. The average molecular weight is 514 g/mol. The Morgan fingerprint density at radius 2 is 1.61 bits per heavy atom. The van der Waals surface area contributed by atoms with Crippen LogP contribution in [0.2, 0.25) is 20.1 Å². The maximum atomic E-state index is 12.7. The molecule has 0 unspecified atom stereocenters. The molecule has 0 saturated heterocycles. The van der Waals surface area contributed by atoms with E-state index in [1.807, 2.05) is 0 Å². The second-order valence-electron chi connectivity index (χ2n) is 5.80. The van der Waals surface area contributed by atoms with Gasteiger partial charge in [-0.1, -0.05) is 46.4 Å². The molecule has 1 amide bonds. The summed E-state index contributed by atoms with van der Waals surface area (Å²) < 4.78 is 15.7. The molecule has 0 fully saturated rings. The van der Waals surface area contributed by atoms with Crippen molar-refractivity contribution in [3.8, 4) is 5.88 Å². The van der Waals surface area contributed by atoms with Gasteiger partial charge in [-0.2, -0.15) is 0 Å². The van der Waals surface area contributed by atoms with Crippen molar-refractivity contribution in [2.75, 3.05) is 38.9 Å². The number of hydrogen-bond acceptors (Lipinski definition) is 6. The molecule has 1 heterocycles. The zero-order valence-electron chi connectivity index (χ0n) is 15.9. The van der Waals surface area contributed by atoms with Crippen LogP contribution >= 0.6 is 46.4 Å². The lowest BCUT2D eigenvalue weighted by atomic mass is 10.1. The quantitative estimate of drug-likeness (QED) is 0.162. The van der Waals surface area contributed by atoms with E-state index < -0.39 is 33.0 Å². The number of carboxylic acid groups (broad SMARTS) is 1. The maximum absolute atomic E-state index is 12.7. The number of ether oxygens (including phenoxy) is 3. The lowest BCUT2D eigenvalue weighted by Crippen LogP contribution is -2.30. The molecule has 31 heavy (non-hydrogen) atoms. The Labute approximate surface area is 196 Å². The molecular formula is C18H16Cl4N2O7. The van der Waals surface area contributed by atoms with E-state index in [9.17, 15) is 19.9 Å². The summed E-state index contributed by atoms with van der Waals surface area (Å²) in [5, 5.41) is 22.5. The summed E-state index contributed by atoms with van der Waals surface area (Å²) in [7, 11) is 1.55. The topological polar surface area (TPSA) is 121 Å². The van der Waals surface area contributed by atoms with Gasteiger partial charge >= 0.3 is 11.8 Å². The normalized spacial score (nSPS) is 10.7. The van der Waals surface area contributed by atoms with Crippen LogP contribution in [0.1, 0.15) is 20.7 Å². The van der Waals surface area contributed by atoms with Crippen LogP contribution < -0.4 is 14.8 Å². The van der Waals surface area contributed by atoms with Crippen LogP contribution in [0.5, 0.6) is 5.88 Å². The van der Waals surface area contributed by atoms with Crippen molar-refractivity contribution in [1.29, 1.82) is 0 Å². The van der Waals surface area contributed by atoms with Crippen molar-refractivity contribution in [2.24, 2.45) is 0 Å². The van der Waals surface area contributed by atoms with Crippen LogP contribution in [0.4, 0.5) is 5.69 Å². The highest BCUT2D eigenvalue weighted by Crippen LogP contribution is 2.41. The van der Waals surface area contributed by atoms with Gasteiger partial charge in [-0.3, -0.25) is 4.79 Å². The van der Waals surface area contributed by atoms with Gasteiger partial charge < -0.3 is 29.8 Å². The van der Waals surface area contributed by atoms with Gasteiger partial charge in [0, 0.05) is 7.11 Å². The Hall–Kier alpha value is -2.01. The Balaban J connectivity index is 2.16. The summed E-state index contributed by atoms with van der Waals surface area (Å²) in [4.78, 5) is 24.3. The van der Waals surface area contributed by atoms with E-state index in [2.05, 4.69) is 5.32 Å². The summed E-state index contributed by atoms with van der Waals surface area (Å²) in [5.41, 5.74) is -1.08. The third kappa shape index (κ3) is 6.25. The molecule has 0 aliphatic heterocycles. The van der Waals surface area contributed by atoms with E-state index >= 15 is 0 Å². The highest BCUT2D eigenvalue weighted by Gasteiger charge is 2.29. The van der Waals surface area contributed by atoms with Gasteiger partial charge in [-0.15, -0.1) is 4.73 Å². The zero-order valence-corrected chi connectivity index (χ0v) is 18.9. The molecule has 2 rings (SSSR count). The fourth-order valence-electron chi connectivity index (χ4n) is 2.34. The molecule has 168 valence electrons. The number of halogens is 4. The number of rotatable bonds is 10. The van der Waals surface area contributed by atoms with Gasteiger partial charge in [0.2, 0.25) is 6.20 Å². The summed E-state index contributed by atoms with van der Waals surface area (Å²) in [6.07, 6.45) is 1.02. The standard InChI is InChI=1S/C18H16Cl4N2O7/c1-29-4-5-30-6-7-31-10-3-2-9(8-24(10)28)23-17(25)11-12(18(26)27)14(20)16(22)15(21)13(11)19/h2-3,8H,4-7H2,1H3,(H,23,25)(H,26,27). The number of carboxylic acids is 1. The van der Waals surface area contributed by atoms with Crippen molar-refractivity contribution in [2.45, 2.75) is 0 Å². The van der Waals surface area contributed by atoms with Crippen molar-refractivity contribution < 1.29 is 33.6 Å². The number of nitrogens with zero attached hydrogens (tertiary/aromatic N) is 1. The summed E-state index contributed by atoms with van der Waals surface area (Å²) >= 11 is 23.8. The first-order chi connectivity index (χ1) is 14.7. The van der Waals surface area contributed by atoms with E-state index in [4.69, 9.17) is 60.6 Å². The van der Waals surface area contributed by atoms with E-state index in [1.165, 1.54) is 12.1 Å². The first-order valence-electron chi connectivity index (χ1n) is 8.52. The van der Waals surface area contributed by atoms with Crippen LogP contribution in [0.25, 0.3) is 0 Å². The second-order valence-corrected chi connectivity index (χ2v) is 7.31. The van der Waals surface area contributed by atoms with Gasteiger partial charge in [0.25, 0.3) is 5.91 Å². The monoisotopic (exact) mass is 512 g/mol. The van der Waals surface area contributed by atoms with Crippen LogP contribution in [-0.4, -0.2) is 50.5 Å². The molecule has 0 bridgehead atoms. The zero-order chi connectivity index (χ0) is 23.1. The minimum atomic E-state index is -1.54. The minimum Gasteiger partial charge on any atom is -0.616 e. The van der Waals surface area contributed by atoms with Crippen molar-refractivity contribution in [3.05, 3.63) is 54.8 Å². The van der Waals surface area contributed by atoms with E-state index in [1.54, 1.807) is 7.11 Å². The van der Waals surface area contributed by atoms with Gasteiger partial charge in [0.05, 0.1) is 57.1 Å². The number of carbonyl (C=O) groups excluding carboxylic acids is 1. The van der Waals surface area contributed by atoms with Crippen LogP contribution in [0, 0.1) is 5.21 Å². The maximum Gasteiger partial charge on any atom is 0.379 e. The number of benzene rings is 1. The molecule has 0 radical (unpaired) electrons. The lowest BCUT2D eigenvalue weighted by Gasteiger charge is -2.14. The molecule has 0 aliphatic rings. The Bertz CT molecular complexity index is 988. The number of amides is 1. The largest absolute Gasteiger partial charge is 0.616 e. The highest BCUT2D eigenvalue weighted by molar-refractivity contribution is 6.54. The molecular weight excluding hydrogens is 498 g/mol. The number of nitrogens with one attached hydrogen (secondary N) is 1. The SMILES string of the molecule is COCCOCCOc1ccc(NC(=O)c2c(Cl)c(Cl)c(Cl)c(Cl)c2C(=O)O)c[n+]1[O-]. The van der Waals surface area contributed by atoms with Crippen molar-refractivity contribution >= 4 is 64.0 Å². The molecule has 0 spiro atoms. The molecule has 2 N–H and O–H groups in total. The number of methoxy groups -OCH3 is 1. The molecule has 0 atom stereocenters. The Morgan fingerprint density at radius 1 is 1.00 bits per heavy atom. The van der Waals surface area contributed by atoms with Gasteiger partial charge in [-0.05, 0) is 6.07 Å². The van der Waals surface area contributed by atoms with Crippen LogP contribution in [-0.2, 0) is 9.47 Å². The Kier molecular flexibility index (Phi) is 9.42. The van der Waals surface area contributed by atoms with E-state index in [0.717, 1.165) is 6.20 Å². The fraction of sp³-hybridized carbons (Fsp3) is 0.278. The molecule has 2 aromatic rings. The minimum absolute atomic E-state index is 0.0322. The third-order valence-corrected chi connectivity index (χ3v) is 5.56. The van der Waals surface area contributed by atoms with Gasteiger partial charge in [-0.25, -0.2) is 4.79 Å². The molecule has 13 heteroatoms. The summed E-state index contributed by atoms with van der Waals surface area (Å²) in [6.45, 7) is 1.20. The van der Waals surface area contributed by atoms with E-state index in [0.29, 0.717) is 17.9 Å². The van der Waals surface area contributed by atoms with Gasteiger partial charge in [0.1, 0.15) is 12.3 Å². The van der Waals surface area contributed by atoms with Crippen molar-refractivity contribution in [1.82, 2.24) is 0 Å². The molecule has 1 aromatic heterocycles. The first-order valence-corrected chi connectivity index (χ1v) is 10.0. The molecule has 0 aliphatic carbocycles. The van der Waals surface area contributed by atoms with E-state index in [-0.39, 0.29) is 34.8 Å². The van der Waals surface area contributed by atoms with Crippen LogP contribution in [0.3, 0.4) is 0 Å². The molecule has 0 saturated carbocycles. The summed E-state index contributed by atoms with van der Waals surface area (Å²) in [5.74, 6) is -2.52. The van der Waals surface area contributed by atoms with Crippen LogP contribution in [0.15, 0.2) is 18.3 Å². The number of pyridine rings is 1. The van der Waals surface area contributed by atoms with Gasteiger partial charge in [0.15, 0.2) is 0 Å². The predicted molar refractivity (Wildman–Crippen MR) is 115 cm³/mol. The number of anilines is 1. The first kappa shape index (κ1) is 25.3. The Morgan fingerprint density at radius 3 is 2.19 bits per heavy atom. The predicted octanol–water partition coefficient (Wildman–Crippen LogP) is 3.93. The third-order valence-electron chi connectivity index (χ3n) is 3.75. The average Bonchev–Trinajstić information content (AvgIpc) is 2.72. The number of hydrogen-bond donors (Lipinski definition) is 2. The fourth-order valence-corrected chi connectivity index (χ4v) is 3.36. The summed E-state index contributed by atoms with van der Waals surface area (Å²) in [6, 6.07) is 2.69. The van der Waals surface area contributed by atoms with Crippen molar-refractivity contribution in [3.63, 3.8) is 0 Å². The lowest BCUT2D eigenvalue weighted by molar-refractivity contribution is -0.612. The second kappa shape index (κ2) is 11.6. The number of aromatic nitrogens is 1. The molecule has 1 aromatic carbocycles.